The molecule has 0 aliphatic rings. The maximum absolute atomic E-state index is 5.96. The predicted octanol–water partition coefficient (Wildman–Crippen LogP) is 0.315. The molecule has 5 nitrogen and oxygen atoms in total. The van der Waals surface area contributed by atoms with Crippen molar-refractivity contribution in [3.63, 3.8) is 0 Å². The molecule has 0 unspecified atom stereocenters. The second kappa shape index (κ2) is 3.89. The first-order valence-electron chi connectivity index (χ1n) is 4.13. The summed E-state index contributed by atoms with van der Waals surface area (Å²) >= 11 is 0. The van der Waals surface area contributed by atoms with Gasteiger partial charge in [-0.05, 0) is 0 Å². The molecular formula is C9H9N5. The zero-order valence-electron chi connectivity index (χ0n) is 7.41. The second-order valence-electron chi connectivity index (χ2n) is 2.82. The summed E-state index contributed by atoms with van der Waals surface area (Å²) < 4.78 is 0. The van der Waals surface area contributed by atoms with E-state index in [1.807, 2.05) is 0 Å². The van der Waals surface area contributed by atoms with Gasteiger partial charge in [0.05, 0.1) is 6.04 Å². The van der Waals surface area contributed by atoms with E-state index in [0.29, 0.717) is 0 Å². The Labute approximate surface area is 81.1 Å². The number of nitrogens with zero attached hydrogens (tertiary/aromatic N) is 4. The minimum Gasteiger partial charge on any atom is -0.320 e. The molecule has 14 heavy (non-hydrogen) atoms. The first kappa shape index (κ1) is 8.71. The van der Waals surface area contributed by atoms with Gasteiger partial charge in [-0.1, -0.05) is 0 Å². The third kappa shape index (κ3) is 1.72. The molecule has 5 heteroatoms. The monoisotopic (exact) mass is 187 g/mol. The lowest BCUT2D eigenvalue weighted by Gasteiger charge is -2.09. The quantitative estimate of drug-likeness (QED) is 0.732. The van der Waals surface area contributed by atoms with Crippen molar-refractivity contribution < 1.29 is 0 Å². The molecule has 0 radical (unpaired) electrons. The topological polar surface area (TPSA) is 77.6 Å². The van der Waals surface area contributed by atoms with E-state index >= 15 is 0 Å². The average molecular weight is 187 g/mol. The number of nitrogens with two attached hydrogens (primary N) is 1. The van der Waals surface area contributed by atoms with Crippen LogP contribution in [0.25, 0.3) is 0 Å². The Morgan fingerprint density at radius 1 is 0.786 bits per heavy atom. The number of hydrogen-bond acceptors (Lipinski definition) is 5. The van der Waals surface area contributed by atoms with Crippen molar-refractivity contribution in [3.8, 4) is 0 Å². The van der Waals surface area contributed by atoms with E-state index in [-0.39, 0.29) is 6.04 Å². The highest BCUT2D eigenvalue weighted by molar-refractivity contribution is 5.23. The van der Waals surface area contributed by atoms with Crippen molar-refractivity contribution in [2.24, 2.45) is 5.73 Å². The summed E-state index contributed by atoms with van der Waals surface area (Å²) in [6.07, 6.45) is 9.68. The fourth-order valence-corrected chi connectivity index (χ4v) is 1.13. The van der Waals surface area contributed by atoms with E-state index in [2.05, 4.69) is 19.9 Å². The van der Waals surface area contributed by atoms with Gasteiger partial charge in [0.1, 0.15) is 12.7 Å². The highest BCUT2D eigenvalue weighted by atomic mass is 14.8. The summed E-state index contributed by atoms with van der Waals surface area (Å²) in [6.45, 7) is 0. The van der Waals surface area contributed by atoms with Crippen LogP contribution in [0.1, 0.15) is 17.2 Å². The summed E-state index contributed by atoms with van der Waals surface area (Å²) in [5.74, 6) is 0. The fraction of sp³-hybridized carbons (Fsp3) is 0.111. The summed E-state index contributed by atoms with van der Waals surface area (Å²) in [4.78, 5) is 15.6. The Bertz CT molecular complexity index is 349. The largest absolute Gasteiger partial charge is 0.320 e. The van der Waals surface area contributed by atoms with Crippen LogP contribution in [-0.4, -0.2) is 19.9 Å². The van der Waals surface area contributed by atoms with E-state index in [1.165, 1.54) is 12.7 Å². The van der Waals surface area contributed by atoms with Gasteiger partial charge in [-0.25, -0.2) is 19.9 Å². The molecule has 0 spiro atoms. The molecule has 2 aromatic rings. The first-order chi connectivity index (χ1) is 6.88. The first-order valence-corrected chi connectivity index (χ1v) is 4.13. The van der Waals surface area contributed by atoms with E-state index in [4.69, 9.17) is 5.73 Å². The van der Waals surface area contributed by atoms with Crippen LogP contribution in [0, 0.1) is 0 Å². The van der Waals surface area contributed by atoms with E-state index in [0.717, 1.165) is 11.1 Å². The van der Waals surface area contributed by atoms with Gasteiger partial charge in [0.2, 0.25) is 0 Å². The van der Waals surface area contributed by atoms with Crippen molar-refractivity contribution in [1.29, 1.82) is 0 Å². The van der Waals surface area contributed by atoms with Gasteiger partial charge in [0, 0.05) is 35.9 Å². The minimum absolute atomic E-state index is 0.266. The molecule has 0 bridgehead atoms. The number of hydrogen-bond donors (Lipinski definition) is 1. The van der Waals surface area contributed by atoms with Gasteiger partial charge in [0.25, 0.3) is 0 Å². The SMILES string of the molecule is NC(c1cncnc1)c1cncnc1. The van der Waals surface area contributed by atoms with Crippen LogP contribution in [0.3, 0.4) is 0 Å². The van der Waals surface area contributed by atoms with Gasteiger partial charge in [-0.15, -0.1) is 0 Å². The molecule has 0 aliphatic heterocycles. The maximum atomic E-state index is 5.96. The predicted molar refractivity (Wildman–Crippen MR) is 50.1 cm³/mol. The molecule has 0 atom stereocenters. The molecule has 2 rings (SSSR count). The molecule has 2 aromatic heterocycles. The van der Waals surface area contributed by atoms with Crippen molar-refractivity contribution in [2.75, 3.05) is 0 Å². The lowest BCUT2D eigenvalue weighted by molar-refractivity contribution is 0.833. The smallest absolute Gasteiger partial charge is 0.115 e. The number of aromatic nitrogens is 4. The lowest BCUT2D eigenvalue weighted by atomic mass is 10.1. The van der Waals surface area contributed by atoms with Crippen LogP contribution in [0.2, 0.25) is 0 Å². The second-order valence-corrected chi connectivity index (χ2v) is 2.82. The minimum atomic E-state index is -0.266. The van der Waals surface area contributed by atoms with Crippen molar-refractivity contribution in [1.82, 2.24) is 19.9 Å². The standard InChI is InChI=1S/C9H9N5/c10-9(7-1-11-5-12-2-7)8-3-13-6-14-4-8/h1-6,9H,10H2. The van der Waals surface area contributed by atoms with Crippen LogP contribution < -0.4 is 5.73 Å². The Morgan fingerprint density at radius 2 is 1.14 bits per heavy atom. The number of rotatable bonds is 2. The molecule has 0 amide bonds. The van der Waals surface area contributed by atoms with Crippen LogP contribution >= 0.6 is 0 Å². The zero-order valence-corrected chi connectivity index (χ0v) is 7.41. The van der Waals surface area contributed by atoms with Crippen molar-refractivity contribution in [2.45, 2.75) is 6.04 Å². The van der Waals surface area contributed by atoms with Gasteiger partial charge < -0.3 is 5.73 Å². The van der Waals surface area contributed by atoms with E-state index in [9.17, 15) is 0 Å². The highest BCUT2D eigenvalue weighted by Crippen LogP contribution is 2.15. The van der Waals surface area contributed by atoms with Crippen LogP contribution in [0.5, 0.6) is 0 Å². The third-order valence-electron chi connectivity index (χ3n) is 1.88. The molecule has 0 aliphatic carbocycles. The van der Waals surface area contributed by atoms with Crippen molar-refractivity contribution in [3.05, 3.63) is 48.6 Å². The van der Waals surface area contributed by atoms with Crippen molar-refractivity contribution >= 4 is 0 Å². The summed E-state index contributed by atoms with van der Waals surface area (Å²) in [5.41, 5.74) is 7.66. The zero-order chi connectivity index (χ0) is 9.80. The Kier molecular flexibility index (Phi) is 2.42. The van der Waals surface area contributed by atoms with E-state index < -0.39 is 0 Å². The molecule has 2 N–H and O–H groups in total. The molecule has 0 aromatic carbocycles. The molecule has 0 saturated carbocycles. The Balaban J connectivity index is 2.30. The van der Waals surface area contributed by atoms with Gasteiger partial charge in [-0.2, -0.15) is 0 Å². The molecule has 70 valence electrons. The molecule has 0 saturated heterocycles. The average Bonchev–Trinajstić information content (AvgIpc) is 2.30. The maximum Gasteiger partial charge on any atom is 0.115 e. The third-order valence-corrected chi connectivity index (χ3v) is 1.88. The molecular weight excluding hydrogens is 178 g/mol. The summed E-state index contributed by atoms with van der Waals surface area (Å²) in [6, 6.07) is -0.266. The fourth-order valence-electron chi connectivity index (χ4n) is 1.13. The van der Waals surface area contributed by atoms with Gasteiger partial charge in [0.15, 0.2) is 0 Å². The Hall–Kier alpha value is -1.88. The summed E-state index contributed by atoms with van der Waals surface area (Å²) in [7, 11) is 0. The summed E-state index contributed by atoms with van der Waals surface area (Å²) in [5, 5.41) is 0. The highest BCUT2D eigenvalue weighted by Gasteiger charge is 2.08. The lowest BCUT2D eigenvalue weighted by Crippen LogP contribution is -2.12. The van der Waals surface area contributed by atoms with Gasteiger partial charge in [-0.3, -0.25) is 0 Å². The molecule has 0 fully saturated rings. The molecule has 2 heterocycles. The van der Waals surface area contributed by atoms with E-state index in [1.54, 1.807) is 24.8 Å². The van der Waals surface area contributed by atoms with Crippen LogP contribution in [0.4, 0.5) is 0 Å². The Morgan fingerprint density at radius 3 is 1.50 bits per heavy atom. The van der Waals surface area contributed by atoms with Crippen LogP contribution in [0.15, 0.2) is 37.4 Å². The van der Waals surface area contributed by atoms with Gasteiger partial charge >= 0.3 is 0 Å². The normalized spacial score (nSPS) is 10.4. The van der Waals surface area contributed by atoms with Crippen LogP contribution in [-0.2, 0) is 0 Å².